The number of ether oxygens (including phenoxy) is 2. The average Bonchev–Trinajstić information content (AvgIpc) is 2.64. The molecule has 0 bridgehead atoms. The summed E-state index contributed by atoms with van der Waals surface area (Å²) in [6, 6.07) is 0. The van der Waals surface area contributed by atoms with Crippen LogP contribution in [0.5, 0.6) is 0 Å². The fourth-order valence-corrected chi connectivity index (χ4v) is 2.68. The van der Waals surface area contributed by atoms with E-state index >= 15 is 0 Å². The van der Waals surface area contributed by atoms with Crippen LogP contribution in [0.15, 0.2) is 0 Å². The van der Waals surface area contributed by atoms with Gasteiger partial charge >= 0.3 is 12.1 Å². The van der Waals surface area contributed by atoms with Gasteiger partial charge in [0.05, 0.1) is 6.61 Å². The molecule has 6 nitrogen and oxygen atoms in total. The van der Waals surface area contributed by atoms with Gasteiger partial charge in [-0.1, -0.05) is 47.0 Å². The third-order valence-electron chi connectivity index (χ3n) is 4.38. The van der Waals surface area contributed by atoms with E-state index in [1.807, 2.05) is 6.92 Å². The van der Waals surface area contributed by atoms with E-state index < -0.39 is 0 Å². The van der Waals surface area contributed by atoms with Crippen LogP contribution in [0, 0.1) is 0 Å². The number of carbonyl (C=O) groups is 2. The lowest BCUT2D eigenvalue weighted by molar-refractivity contribution is -0.144. The number of rotatable bonds is 16. The van der Waals surface area contributed by atoms with Crippen LogP contribution in [0.1, 0.15) is 79.1 Å². The van der Waals surface area contributed by atoms with Crippen molar-refractivity contribution in [1.29, 1.82) is 0 Å². The van der Waals surface area contributed by atoms with Gasteiger partial charge in [0, 0.05) is 19.5 Å². The van der Waals surface area contributed by atoms with Gasteiger partial charge < -0.3 is 19.7 Å². The average molecular weight is 373 g/mol. The first-order valence-corrected chi connectivity index (χ1v) is 10.4. The molecule has 26 heavy (non-hydrogen) atoms. The number of carbonyl (C=O) groups excluding carboxylic acids is 2. The molecule has 0 aliphatic heterocycles. The molecule has 0 fully saturated rings. The number of nitrogens with one attached hydrogen (secondary N) is 1. The minimum atomic E-state index is -0.389. The second-order valence-electron chi connectivity index (χ2n) is 6.59. The monoisotopic (exact) mass is 372 g/mol. The summed E-state index contributed by atoms with van der Waals surface area (Å²) in [5, 5.41) is 2.82. The quantitative estimate of drug-likeness (QED) is 0.326. The number of hydrogen-bond acceptors (Lipinski definition) is 5. The zero-order chi connectivity index (χ0) is 19.6. The lowest BCUT2D eigenvalue weighted by atomic mass is 10.1. The molecule has 1 N–H and O–H groups in total. The number of amides is 1. The highest BCUT2D eigenvalue weighted by molar-refractivity contribution is 5.69. The molecule has 1 unspecified atom stereocenters. The van der Waals surface area contributed by atoms with Crippen LogP contribution in [0.25, 0.3) is 0 Å². The third-order valence-corrected chi connectivity index (χ3v) is 4.38. The molecule has 1 atom stereocenters. The molecule has 1 amide bonds. The van der Waals surface area contributed by atoms with Gasteiger partial charge in [0.1, 0.15) is 6.10 Å². The van der Waals surface area contributed by atoms with Crippen molar-refractivity contribution in [2.24, 2.45) is 0 Å². The molecule has 0 spiro atoms. The van der Waals surface area contributed by atoms with Crippen molar-refractivity contribution in [2.75, 3.05) is 32.8 Å². The van der Waals surface area contributed by atoms with Gasteiger partial charge in [-0.25, -0.2) is 4.79 Å². The fourth-order valence-electron chi connectivity index (χ4n) is 2.68. The largest absolute Gasteiger partial charge is 0.466 e. The number of nitrogens with zero attached hydrogens (tertiary/aromatic N) is 1. The van der Waals surface area contributed by atoms with Gasteiger partial charge in [-0.15, -0.1) is 0 Å². The fraction of sp³-hybridized carbons (Fsp3) is 0.900. The Morgan fingerprint density at radius 3 is 2.31 bits per heavy atom. The molecule has 0 radical (unpaired) electrons. The van der Waals surface area contributed by atoms with Crippen LogP contribution in [0.2, 0.25) is 0 Å². The van der Waals surface area contributed by atoms with Crippen molar-refractivity contribution in [3.63, 3.8) is 0 Å². The van der Waals surface area contributed by atoms with E-state index in [-0.39, 0.29) is 18.2 Å². The minimum absolute atomic E-state index is 0.212. The molecule has 0 heterocycles. The maximum atomic E-state index is 12.0. The summed E-state index contributed by atoms with van der Waals surface area (Å²) < 4.78 is 10.7. The molecule has 0 aromatic carbocycles. The molecule has 0 rings (SSSR count). The highest BCUT2D eigenvalue weighted by Crippen LogP contribution is 2.14. The predicted molar refractivity (Wildman–Crippen MR) is 105 cm³/mol. The molecule has 0 aromatic rings. The summed E-state index contributed by atoms with van der Waals surface area (Å²) in [4.78, 5) is 26.0. The van der Waals surface area contributed by atoms with E-state index in [2.05, 4.69) is 31.0 Å². The summed E-state index contributed by atoms with van der Waals surface area (Å²) in [5.41, 5.74) is 0. The van der Waals surface area contributed by atoms with Crippen LogP contribution < -0.4 is 5.32 Å². The Bertz CT molecular complexity index is 360. The predicted octanol–water partition coefficient (Wildman–Crippen LogP) is 4.13. The Labute approximate surface area is 160 Å². The lowest BCUT2D eigenvalue weighted by Gasteiger charge is -2.20. The Morgan fingerprint density at radius 1 is 0.962 bits per heavy atom. The standard InChI is InChI=1S/C20H40N2O4/c1-5-9-10-11-12-18(13-14-19(23)25-17-6-2)26-20(24)21-15-16-22(7-3)8-4/h18H,5-17H2,1-4H3,(H,21,24). The molecular weight excluding hydrogens is 332 g/mol. The molecule has 0 saturated carbocycles. The van der Waals surface area contributed by atoms with Gasteiger partial charge in [0.2, 0.25) is 0 Å². The molecular formula is C20H40N2O4. The van der Waals surface area contributed by atoms with Crippen LogP contribution >= 0.6 is 0 Å². The normalized spacial score (nSPS) is 12.0. The van der Waals surface area contributed by atoms with E-state index in [1.54, 1.807) is 0 Å². The molecule has 0 aliphatic carbocycles. The number of hydrogen-bond donors (Lipinski definition) is 1. The van der Waals surface area contributed by atoms with E-state index in [1.165, 1.54) is 12.8 Å². The van der Waals surface area contributed by atoms with E-state index in [9.17, 15) is 9.59 Å². The van der Waals surface area contributed by atoms with E-state index in [0.29, 0.717) is 26.0 Å². The zero-order valence-corrected chi connectivity index (χ0v) is 17.3. The smallest absolute Gasteiger partial charge is 0.407 e. The SMILES string of the molecule is CCCCCCC(CCC(=O)OCCC)OC(=O)NCCN(CC)CC. The van der Waals surface area contributed by atoms with Crippen molar-refractivity contribution in [3.05, 3.63) is 0 Å². The van der Waals surface area contributed by atoms with Gasteiger partial charge in [-0.2, -0.15) is 0 Å². The maximum Gasteiger partial charge on any atom is 0.407 e. The Morgan fingerprint density at radius 2 is 1.69 bits per heavy atom. The first-order chi connectivity index (χ1) is 12.6. The van der Waals surface area contributed by atoms with E-state index in [0.717, 1.165) is 45.3 Å². The molecule has 6 heteroatoms. The van der Waals surface area contributed by atoms with Crippen molar-refractivity contribution in [1.82, 2.24) is 10.2 Å². The Kier molecular flexibility index (Phi) is 16.3. The highest BCUT2D eigenvalue weighted by Gasteiger charge is 2.16. The number of unbranched alkanes of at least 4 members (excludes halogenated alkanes) is 3. The van der Waals surface area contributed by atoms with E-state index in [4.69, 9.17) is 9.47 Å². The lowest BCUT2D eigenvalue weighted by Crippen LogP contribution is -2.36. The molecule has 0 saturated heterocycles. The minimum Gasteiger partial charge on any atom is -0.466 e. The summed E-state index contributed by atoms with van der Waals surface area (Å²) in [6.07, 6.45) is 6.30. The van der Waals surface area contributed by atoms with Gasteiger partial charge in [0.15, 0.2) is 0 Å². The van der Waals surface area contributed by atoms with Gasteiger partial charge in [-0.3, -0.25) is 4.79 Å². The van der Waals surface area contributed by atoms with Gasteiger partial charge in [0.25, 0.3) is 0 Å². The number of esters is 1. The molecule has 154 valence electrons. The highest BCUT2D eigenvalue weighted by atomic mass is 16.6. The van der Waals surface area contributed by atoms with Gasteiger partial charge in [-0.05, 0) is 38.8 Å². The zero-order valence-electron chi connectivity index (χ0n) is 17.3. The number of likely N-dealkylation sites (N-methyl/N-ethyl adjacent to an activating group) is 1. The van der Waals surface area contributed by atoms with Crippen molar-refractivity contribution in [3.8, 4) is 0 Å². The summed E-state index contributed by atoms with van der Waals surface area (Å²) >= 11 is 0. The molecule has 0 aromatic heterocycles. The Hall–Kier alpha value is -1.30. The third kappa shape index (κ3) is 13.9. The maximum absolute atomic E-state index is 12.0. The summed E-state index contributed by atoms with van der Waals surface area (Å²) in [5.74, 6) is -0.212. The number of alkyl carbamates (subject to hydrolysis) is 1. The summed E-state index contributed by atoms with van der Waals surface area (Å²) in [6.45, 7) is 12.1. The van der Waals surface area contributed by atoms with Crippen molar-refractivity contribution >= 4 is 12.1 Å². The van der Waals surface area contributed by atoms with Crippen molar-refractivity contribution in [2.45, 2.75) is 85.2 Å². The molecule has 0 aliphatic rings. The topological polar surface area (TPSA) is 67.9 Å². The van der Waals surface area contributed by atoms with Crippen LogP contribution in [0.4, 0.5) is 4.79 Å². The Balaban J connectivity index is 4.26. The summed E-state index contributed by atoms with van der Waals surface area (Å²) in [7, 11) is 0. The van der Waals surface area contributed by atoms with Crippen molar-refractivity contribution < 1.29 is 19.1 Å². The second kappa shape index (κ2) is 17.1. The van der Waals surface area contributed by atoms with Crippen LogP contribution in [-0.4, -0.2) is 55.9 Å². The first kappa shape index (κ1) is 24.7. The second-order valence-corrected chi connectivity index (χ2v) is 6.59. The van der Waals surface area contributed by atoms with Crippen LogP contribution in [0.3, 0.4) is 0 Å². The first-order valence-electron chi connectivity index (χ1n) is 10.4. The van der Waals surface area contributed by atoms with Crippen LogP contribution in [-0.2, 0) is 14.3 Å².